The average molecular weight is 246 g/mol. The Balaban J connectivity index is 0.00000128. The Hall–Kier alpha value is -0.800. The Labute approximate surface area is 102 Å². The van der Waals surface area contributed by atoms with Gasteiger partial charge in [-0.05, 0) is 25.5 Å². The van der Waals surface area contributed by atoms with Gasteiger partial charge in [0, 0.05) is 11.6 Å². The smallest absolute Gasteiger partial charge is 0.169 e. The molecule has 1 N–H and O–H groups in total. The molecule has 1 saturated heterocycles. The van der Waals surface area contributed by atoms with E-state index in [0.717, 1.165) is 24.9 Å². The first-order chi connectivity index (χ1) is 7.33. The van der Waals surface area contributed by atoms with E-state index in [2.05, 4.69) is 5.32 Å². The van der Waals surface area contributed by atoms with E-state index in [4.69, 9.17) is 4.74 Å². The van der Waals surface area contributed by atoms with E-state index < -0.39 is 0 Å². The van der Waals surface area contributed by atoms with E-state index in [0.29, 0.717) is 5.75 Å². The minimum atomic E-state index is -0.223. The van der Waals surface area contributed by atoms with Crippen molar-refractivity contribution in [2.24, 2.45) is 0 Å². The zero-order valence-electron chi connectivity index (χ0n) is 9.33. The van der Waals surface area contributed by atoms with Crippen molar-refractivity contribution in [3.63, 3.8) is 0 Å². The lowest BCUT2D eigenvalue weighted by molar-refractivity contribution is 0.366. The molecule has 1 heterocycles. The summed E-state index contributed by atoms with van der Waals surface area (Å²) in [6.45, 7) is 0.974. The first kappa shape index (κ1) is 13.3. The van der Waals surface area contributed by atoms with Crippen LogP contribution in [-0.4, -0.2) is 13.7 Å². The third kappa shape index (κ3) is 2.66. The lowest BCUT2D eigenvalue weighted by Crippen LogP contribution is -2.27. The van der Waals surface area contributed by atoms with Crippen molar-refractivity contribution in [2.75, 3.05) is 13.7 Å². The van der Waals surface area contributed by atoms with Crippen molar-refractivity contribution in [3.8, 4) is 5.75 Å². The highest BCUT2D eigenvalue weighted by Crippen LogP contribution is 2.29. The van der Waals surface area contributed by atoms with Crippen molar-refractivity contribution in [2.45, 2.75) is 25.3 Å². The molecule has 2 nitrogen and oxygen atoms in total. The van der Waals surface area contributed by atoms with E-state index in [-0.39, 0.29) is 24.3 Å². The zero-order chi connectivity index (χ0) is 10.7. The van der Waals surface area contributed by atoms with Crippen LogP contribution in [0.1, 0.15) is 30.9 Å². The van der Waals surface area contributed by atoms with Crippen LogP contribution >= 0.6 is 12.4 Å². The number of nitrogens with one attached hydrogen (secondary N) is 1. The molecular formula is C12H17ClFNO. The maximum Gasteiger partial charge on any atom is 0.169 e. The van der Waals surface area contributed by atoms with E-state index in [1.54, 1.807) is 6.07 Å². The van der Waals surface area contributed by atoms with Crippen LogP contribution in [0.4, 0.5) is 4.39 Å². The number of methoxy groups -OCH3 is 1. The van der Waals surface area contributed by atoms with Crippen molar-refractivity contribution < 1.29 is 9.13 Å². The summed E-state index contributed by atoms with van der Waals surface area (Å²) in [7, 11) is 1.50. The van der Waals surface area contributed by atoms with Crippen molar-refractivity contribution >= 4 is 12.4 Å². The molecular weight excluding hydrogens is 229 g/mol. The Bertz CT molecular complexity index is 340. The number of hydrogen-bond acceptors (Lipinski definition) is 2. The van der Waals surface area contributed by atoms with Gasteiger partial charge in [-0.25, -0.2) is 4.39 Å². The average Bonchev–Trinajstić information content (AvgIpc) is 2.30. The van der Waals surface area contributed by atoms with Gasteiger partial charge in [0.2, 0.25) is 0 Å². The Morgan fingerprint density at radius 2 is 2.19 bits per heavy atom. The molecule has 1 atom stereocenters. The summed E-state index contributed by atoms with van der Waals surface area (Å²) in [6.07, 6.45) is 3.35. The zero-order valence-corrected chi connectivity index (χ0v) is 10.1. The third-order valence-electron chi connectivity index (χ3n) is 2.90. The number of halogens is 2. The third-order valence-corrected chi connectivity index (χ3v) is 2.90. The van der Waals surface area contributed by atoms with Crippen LogP contribution in [0.3, 0.4) is 0 Å². The maximum absolute atomic E-state index is 13.9. The SMILES string of the molecule is COc1cccc([C@@H]2CCCCN2)c1F.Cl. The second-order valence-corrected chi connectivity index (χ2v) is 3.87. The van der Waals surface area contributed by atoms with Crippen LogP contribution in [0, 0.1) is 5.82 Å². The van der Waals surface area contributed by atoms with Crippen LogP contribution in [0.5, 0.6) is 5.75 Å². The van der Waals surface area contributed by atoms with Crippen LogP contribution < -0.4 is 10.1 Å². The topological polar surface area (TPSA) is 21.3 Å². The molecule has 90 valence electrons. The maximum atomic E-state index is 13.9. The molecule has 16 heavy (non-hydrogen) atoms. The summed E-state index contributed by atoms with van der Waals surface area (Å²) in [5.74, 6) is 0.110. The van der Waals surface area contributed by atoms with Gasteiger partial charge in [0.1, 0.15) is 0 Å². The second-order valence-electron chi connectivity index (χ2n) is 3.87. The summed E-state index contributed by atoms with van der Waals surface area (Å²) in [5, 5.41) is 3.33. The van der Waals surface area contributed by atoms with Crippen molar-refractivity contribution in [1.82, 2.24) is 5.32 Å². The molecule has 1 aliphatic rings. The molecule has 0 unspecified atom stereocenters. The summed E-state index contributed by atoms with van der Waals surface area (Å²) in [4.78, 5) is 0. The van der Waals surface area contributed by atoms with Gasteiger partial charge in [-0.3, -0.25) is 0 Å². The summed E-state index contributed by atoms with van der Waals surface area (Å²) >= 11 is 0. The molecule has 0 amide bonds. The molecule has 1 aliphatic heterocycles. The van der Waals surface area contributed by atoms with Gasteiger partial charge in [0.15, 0.2) is 11.6 Å². The quantitative estimate of drug-likeness (QED) is 0.865. The Morgan fingerprint density at radius 3 is 2.81 bits per heavy atom. The molecule has 0 bridgehead atoms. The summed E-state index contributed by atoms with van der Waals surface area (Å²) < 4.78 is 18.9. The number of ether oxygens (including phenoxy) is 1. The molecule has 0 radical (unpaired) electrons. The fraction of sp³-hybridized carbons (Fsp3) is 0.500. The molecule has 0 saturated carbocycles. The molecule has 1 aromatic carbocycles. The lowest BCUT2D eigenvalue weighted by atomic mass is 9.97. The fourth-order valence-corrected chi connectivity index (χ4v) is 2.07. The molecule has 1 aromatic rings. The van der Waals surface area contributed by atoms with Gasteiger partial charge >= 0.3 is 0 Å². The first-order valence-corrected chi connectivity index (χ1v) is 5.38. The Morgan fingerprint density at radius 1 is 1.38 bits per heavy atom. The Kier molecular flexibility index (Phi) is 5.03. The van der Waals surface area contributed by atoms with Crippen LogP contribution in [0.2, 0.25) is 0 Å². The molecule has 1 fully saturated rings. The van der Waals surface area contributed by atoms with Gasteiger partial charge in [0.05, 0.1) is 7.11 Å². The normalized spacial score (nSPS) is 20.0. The van der Waals surface area contributed by atoms with Gasteiger partial charge in [-0.2, -0.15) is 0 Å². The van der Waals surface area contributed by atoms with E-state index in [1.165, 1.54) is 13.5 Å². The molecule has 0 aliphatic carbocycles. The first-order valence-electron chi connectivity index (χ1n) is 5.38. The molecule has 0 spiro atoms. The highest BCUT2D eigenvalue weighted by atomic mass is 35.5. The van der Waals surface area contributed by atoms with Crippen LogP contribution in [-0.2, 0) is 0 Å². The predicted molar refractivity (Wildman–Crippen MR) is 64.8 cm³/mol. The number of hydrogen-bond donors (Lipinski definition) is 1. The van der Waals surface area contributed by atoms with Gasteiger partial charge in [0.25, 0.3) is 0 Å². The lowest BCUT2D eigenvalue weighted by Gasteiger charge is -2.24. The van der Waals surface area contributed by atoms with Crippen LogP contribution in [0.15, 0.2) is 18.2 Å². The van der Waals surface area contributed by atoms with E-state index >= 15 is 0 Å². The standard InChI is InChI=1S/C12H16FNO.ClH/c1-15-11-7-4-5-9(12(11)13)10-6-2-3-8-14-10;/h4-5,7,10,14H,2-3,6,8H2,1H3;1H/t10-;/m0./s1. The van der Waals surface area contributed by atoms with E-state index in [9.17, 15) is 4.39 Å². The summed E-state index contributed by atoms with van der Waals surface area (Å²) in [6, 6.07) is 5.48. The van der Waals surface area contributed by atoms with Crippen molar-refractivity contribution in [1.29, 1.82) is 0 Å². The fourth-order valence-electron chi connectivity index (χ4n) is 2.07. The number of rotatable bonds is 2. The van der Waals surface area contributed by atoms with Crippen molar-refractivity contribution in [3.05, 3.63) is 29.6 Å². The molecule has 2 rings (SSSR count). The van der Waals surface area contributed by atoms with Crippen LogP contribution in [0.25, 0.3) is 0 Å². The largest absolute Gasteiger partial charge is 0.494 e. The number of benzene rings is 1. The minimum absolute atomic E-state index is 0. The van der Waals surface area contributed by atoms with Gasteiger partial charge in [-0.15, -0.1) is 12.4 Å². The second kappa shape index (κ2) is 6.06. The van der Waals surface area contributed by atoms with E-state index in [1.807, 2.05) is 12.1 Å². The highest BCUT2D eigenvalue weighted by Gasteiger charge is 2.19. The van der Waals surface area contributed by atoms with Gasteiger partial charge in [-0.1, -0.05) is 18.6 Å². The number of piperidine rings is 1. The minimum Gasteiger partial charge on any atom is -0.494 e. The predicted octanol–water partition coefficient (Wildman–Crippen LogP) is 3.07. The molecule has 4 heteroatoms. The summed E-state index contributed by atoms with van der Waals surface area (Å²) in [5.41, 5.74) is 0.731. The highest BCUT2D eigenvalue weighted by molar-refractivity contribution is 5.85. The van der Waals surface area contributed by atoms with Gasteiger partial charge < -0.3 is 10.1 Å². The monoisotopic (exact) mass is 245 g/mol. The molecule has 0 aromatic heterocycles.